The lowest BCUT2D eigenvalue weighted by Gasteiger charge is -2.34. The molecule has 162 valence electrons. The van der Waals surface area contributed by atoms with Crippen LogP contribution in [0.1, 0.15) is 30.4 Å². The van der Waals surface area contributed by atoms with Crippen molar-refractivity contribution in [2.45, 2.75) is 49.6 Å². The summed E-state index contributed by atoms with van der Waals surface area (Å²) >= 11 is 0. The number of alkyl carbamates (subject to hydrolysis) is 1. The average Bonchev–Trinajstić information content (AvgIpc) is 2.75. The summed E-state index contributed by atoms with van der Waals surface area (Å²) in [4.78, 5) is 12.5. The predicted octanol–water partition coefficient (Wildman–Crippen LogP) is 1.93. The Morgan fingerprint density at radius 2 is 1.80 bits per heavy atom. The molecule has 2 atom stereocenters. The molecule has 0 aromatic heterocycles. The number of nitrogens with zero attached hydrogens (tertiary/aromatic N) is 1. The van der Waals surface area contributed by atoms with Gasteiger partial charge in [-0.3, -0.25) is 0 Å². The highest BCUT2D eigenvalue weighted by Crippen LogP contribution is 2.26. The van der Waals surface area contributed by atoms with E-state index in [1.165, 1.54) is 16.4 Å². The summed E-state index contributed by atoms with van der Waals surface area (Å²) in [7, 11) is -3.76. The van der Waals surface area contributed by atoms with Crippen molar-refractivity contribution in [3.8, 4) is 0 Å². The molecule has 8 nitrogen and oxygen atoms in total. The van der Waals surface area contributed by atoms with Crippen molar-refractivity contribution < 1.29 is 23.1 Å². The number of aliphatic hydroxyl groups is 1. The molecule has 0 radical (unpaired) electrons. The molecule has 1 aliphatic rings. The topological polar surface area (TPSA) is 122 Å². The molecule has 1 amide bonds. The molecule has 0 saturated carbocycles. The Morgan fingerprint density at radius 1 is 1.13 bits per heavy atom. The van der Waals surface area contributed by atoms with Crippen molar-refractivity contribution in [3.63, 3.8) is 0 Å². The van der Waals surface area contributed by atoms with Crippen LogP contribution in [0, 0.1) is 0 Å². The van der Waals surface area contributed by atoms with Gasteiger partial charge >= 0.3 is 6.09 Å². The maximum atomic E-state index is 13.0. The highest BCUT2D eigenvalue weighted by atomic mass is 32.2. The molecule has 2 aromatic rings. The van der Waals surface area contributed by atoms with Crippen LogP contribution in [-0.4, -0.2) is 42.9 Å². The minimum Gasteiger partial charge on any atom is -0.429 e. The van der Waals surface area contributed by atoms with Gasteiger partial charge in [0.15, 0.2) is 6.23 Å². The van der Waals surface area contributed by atoms with Crippen molar-refractivity contribution in [1.29, 1.82) is 0 Å². The van der Waals surface area contributed by atoms with Gasteiger partial charge < -0.3 is 20.9 Å². The minimum absolute atomic E-state index is 0.0410. The molecule has 1 heterocycles. The lowest BCUT2D eigenvalue weighted by molar-refractivity contribution is 0.00825. The van der Waals surface area contributed by atoms with Gasteiger partial charge in [-0.1, -0.05) is 42.5 Å². The van der Waals surface area contributed by atoms with Crippen LogP contribution in [0.15, 0.2) is 59.5 Å². The van der Waals surface area contributed by atoms with Crippen LogP contribution in [0.3, 0.4) is 0 Å². The number of rotatable bonds is 7. The number of nitrogens with one attached hydrogen (secondary N) is 1. The van der Waals surface area contributed by atoms with Gasteiger partial charge in [0.1, 0.15) is 0 Å². The minimum atomic E-state index is -3.76. The van der Waals surface area contributed by atoms with Crippen LogP contribution in [0.4, 0.5) is 4.79 Å². The third kappa shape index (κ3) is 5.57. The highest BCUT2D eigenvalue weighted by Gasteiger charge is 2.36. The van der Waals surface area contributed by atoms with Gasteiger partial charge in [0.2, 0.25) is 10.0 Å². The summed E-state index contributed by atoms with van der Waals surface area (Å²) < 4.78 is 32.6. The van der Waals surface area contributed by atoms with Gasteiger partial charge in [0.25, 0.3) is 0 Å². The Bertz CT molecular complexity index is 935. The molecule has 3 rings (SSSR count). The number of carbonyl (C=O) groups is 1. The fourth-order valence-electron chi connectivity index (χ4n) is 3.39. The Hall–Kier alpha value is -2.46. The molecule has 0 spiro atoms. The maximum Gasteiger partial charge on any atom is 0.409 e. The number of sulfonamides is 1. The average molecular weight is 434 g/mol. The van der Waals surface area contributed by atoms with Crippen molar-refractivity contribution in [1.82, 2.24) is 9.62 Å². The van der Waals surface area contributed by atoms with Gasteiger partial charge in [0.05, 0.1) is 17.7 Å². The molecule has 30 heavy (non-hydrogen) atoms. The summed E-state index contributed by atoms with van der Waals surface area (Å²) in [5.74, 6) is 0. The molecular weight excluding hydrogens is 406 g/mol. The van der Waals surface area contributed by atoms with Crippen LogP contribution in [0.25, 0.3) is 0 Å². The SMILES string of the molecule is N[C@H](Cc1ccc(CO)cc1)NC(=O)O[C@H]1CCCCN1S(=O)(=O)c1ccccc1. The van der Waals surface area contributed by atoms with E-state index in [9.17, 15) is 13.2 Å². The van der Waals surface area contributed by atoms with E-state index < -0.39 is 28.5 Å². The van der Waals surface area contributed by atoms with E-state index in [1.54, 1.807) is 30.3 Å². The van der Waals surface area contributed by atoms with Crippen molar-refractivity contribution in [2.24, 2.45) is 5.73 Å². The Balaban J connectivity index is 1.61. The fourth-order valence-corrected chi connectivity index (χ4v) is 4.99. The predicted molar refractivity (Wildman–Crippen MR) is 112 cm³/mol. The molecule has 1 aliphatic heterocycles. The van der Waals surface area contributed by atoms with Crippen LogP contribution in [0.5, 0.6) is 0 Å². The number of amides is 1. The van der Waals surface area contributed by atoms with E-state index in [0.29, 0.717) is 25.8 Å². The smallest absolute Gasteiger partial charge is 0.409 e. The molecule has 1 saturated heterocycles. The monoisotopic (exact) mass is 433 g/mol. The summed E-state index contributed by atoms with van der Waals surface area (Å²) in [6.45, 7) is 0.249. The lowest BCUT2D eigenvalue weighted by Crippen LogP contribution is -2.50. The zero-order valence-corrected chi connectivity index (χ0v) is 17.4. The second kappa shape index (κ2) is 10.0. The highest BCUT2D eigenvalue weighted by molar-refractivity contribution is 7.89. The first-order chi connectivity index (χ1) is 14.4. The largest absolute Gasteiger partial charge is 0.429 e. The normalized spacial score (nSPS) is 18.5. The van der Waals surface area contributed by atoms with E-state index in [1.807, 2.05) is 12.1 Å². The van der Waals surface area contributed by atoms with Gasteiger partial charge in [-0.2, -0.15) is 4.31 Å². The third-order valence-electron chi connectivity index (χ3n) is 4.96. The van der Waals surface area contributed by atoms with Crippen LogP contribution >= 0.6 is 0 Å². The van der Waals surface area contributed by atoms with E-state index in [0.717, 1.165) is 17.5 Å². The molecule has 0 bridgehead atoms. The summed E-state index contributed by atoms with van der Waals surface area (Å²) in [5.41, 5.74) is 7.68. The van der Waals surface area contributed by atoms with Crippen molar-refractivity contribution in [3.05, 3.63) is 65.7 Å². The van der Waals surface area contributed by atoms with Crippen LogP contribution < -0.4 is 11.1 Å². The zero-order valence-electron chi connectivity index (χ0n) is 16.6. The number of benzene rings is 2. The lowest BCUT2D eigenvalue weighted by atomic mass is 10.1. The number of piperidine rings is 1. The first-order valence-electron chi connectivity index (χ1n) is 9.88. The van der Waals surface area contributed by atoms with Gasteiger partial charge in [-0.15, -0.1) is 0 Å². The Morgan fingerprint density at radius 3 is 2.47 bits per heavy atom. The van der Waals surface area contributed by atoms with E-state index in [-0.39, 0.29) is 11.5 Å². The van der Waals surface area contributed by atoms with Gasteiger partial charge in [0, 0.05) is 13.0 Å². The second-order valence-corrected chi connectivity index (χ2v) is 9.10. The van der Waals surface area contributed by atoms with Crippen LogP contribution in [-0.2, 0) is 27.8 Å². The Kier molecular flexibility index (Phi) is 7.43. The number of carbonyl (C=O) groups excluding carboxylic acids is 1. The summed E-state index contributed by atoms with van der Waals surface area (Å²) in [6.07, 6.45) is -0.0526. The van der Waals surface area contributed by atoms with E-state index in [4.69, 9.17) is 15.6 Å². The summed E-state index contributed by atoms with van der Waals surface area (Å²) in [5, 5.41) is 11.7. The number of hydrogen-bond donors (Lipinski definition) is 3. The van der Waals surface area contributed by atoms with E-state index >= 15 is 0 Å². The molecule has 1 fully saturated rings. The number of aliphatic hydroxyl groups excluding tert-OH is 1. The quantitative estimate of drug-likeness (QED) is 0.574. The second-order valence-electron chi connectivity index (χ2n) is 7.21. The maximum absolute atomic E-state index is 13.0. The van der Waals surface area contributed by atoms with E-state index in [2.05, 4.69) is 5.32 Å². The molecule has 2 aromatic carbocycles. The zero-order chi connectivity index (χ0) is 21.6. The summed E-state index contributed by atoms with van der Waals surface area (Å²) in [6, 6.07) is 15.3. The molecule has 4 N–H and O–H groups in total. The first kappa shape index (κ1) is 22.2. The third-order valence-corrected chi connectivity index (χ3v) is 6.86. The van der Waals surface area contributed by atoms with Gasteiger partial charge in [-0.05, 0) is 42.5 Å². The van der Waals surface area contributed by atoms with Crippen molar-refractivity contribution in [2.75, 3.05) is 6.54 Å². The van der Waals surface area contributed by atoms with Crippen molar-refractivity contribution >= 4 is 16.1 Å². The molecule has 0 aliphatic carbocycles. The van der Waals surface area contributed by atoms with Gasteiger partial charge in [-0.25, -0.2) is 13.2 Å². The first-order valence-corrected chi connectivity index (χ1v) is 11.3. The fraction of sp³-hybridized carbons (Fsp3) is 0.381. The molecule has 0 unspecified atom stereocenters. The van der Waals surface area contributed by atoms with Crippen LogP contribution in [0.2, 0.25) is 0 Å². The number of ether oxygens (including phenoxy) is 1. The molecular formula is C21H27N3O5S. The standard InChI is InChI=1S/C21H27N3O5S/c22-19(14-16-9-11-17(15-25)12-10-16)23-21(26)29-20-8-4-5-13-24(20)30(27,28)18-6-2-1-3-7-18/h1-3,6-7,9-12,19-20,25H,4-5,8,13-15,22H2,(H,23,26)/t19-,20-/m0/s1. The molecule has 9 heteroatoms. The number of nitrogens with two attached hydrogens (primary N) is 1. The Labute approximate surface area is 176 Å². The number of hydrogen-bond acceptors (Lipinski definition) is 6.